The lowest BCUT2D eigenvalue weighted by molar-refractivity contribution is -0.147. The molecule has 4 heteroatoms. The van der Waals surface area contributed by atoms with Crippen LogP contribution in [0.4, 0.5) is 0 Å². The fourth-order valence-electron chi connectivity index (χ4n) is 2.49. The van der Waals surface area contributed by atoms with Crippen LogP contribution in [0.2, 0.25) is 0 Å². The molecule has 0 saturated carbocycles. The highest BCUT2D eigenvalue weighted by molar-refractivity contribution is 7.12. The van der Waals surface area contributed by atoms with Crippen molar-refractivity contribution in [3.05, 3.63) is 21.9 Å². The molecule has 2 atom stereocenters. The maximum Gasteiger partial charge on any atom is 0.310 e. The summed E-state index contributed by atoms with van der Waals surface area (Å²) in [6.07, 6.45) is 1.82. The van der Waals surface area contributed by atoms with Gasteiger partial charge in [-0.3, -0.25) is 9.69 Å². The fraction of sp³-hybridized carbons (Fsp3) is 0.643. The van der Waals surface area contributed by atoms with Crippen molar-refractivity contribution in [1.82, 2.24) is 4.90 Å². The molecule has 100 valence electrons. The SMILES string of the molecule is CCc1ccc(C(C)N2CCC(C)(C(=O)O)C2)s1. The molecule has 2 heterocycles. The lowest BCUT2D eigenvalue weighted by Gasteiger charge is -2.25. The Morgan fingerprint density at radius 2 is 2.33 bits per heavy atom. The Hall–Kier alpha value is -0.870. The Balaban J connectivity index is 2.07. The summed E-state index contributed by atoms with van der Waals surface area (Å²) in [4.78, 5) is 16.3. The van der Waals surface area contributed by atoms with E-state index in [-0.39, 0.29) is 0 Å². The first-order chi connectivity index (χ1) is 8.46. The molecule has 0 aliphatic carbocycles. The third kappa shape index (κ3) is 2.45. The first-order valence-electron chi connectivity index (χ1n) is 6.52. The monoisotopic (exact) mass is 267 g/mol. The number of aryl methyl sites for hydroxylation is 1. The lowest BCUT2D eigenvalue weighted by Crippen LogP contribution is -2.32. The zero-order valence-corrected chi connectivity index (χ0v) is 12.1. The molecule has 2 rings (SSSR count). The highest BCUT2D eigenvalue weighted by atomic mass is 32.1. The number of hydrogen-bond donors (Lipinski definition) is 1. The van der Waals surface area contributed by atoms with Gasteiger partial charge in [-0.15, -0.1) is 11.3 Å². The maximum atomic E-state index is 11.3. The topological polar surface area (TPSA) is 40.5 Å². The van der Waals surface area contributed by atoms with Crippen molar-refractivity contribution >= 4 is 17.3 Å². The van der Waals surface area contributed by atoms with Gasteiger partial charge in [-0.25, -0.2) is 0 Å². The van der Waals surface area contributed by atoms with Crippen LogP contribution >= 0.6 is 11.3 Å². The summed E-state index contributed by atoms with van der Waals surface area (Å²) in [7, 11) is 0. The van der Waals surface area contributed by atoms with Gasteiger partial charge in [-0.05, 0) is 45.4 Å². The van der Waals surface area contributed by atoms with Crippen LogP contribution in [0.25, 0.3) is 0 Å². The van der Waals surface area contributed by atoms with Gasteiger partial charge in [0.15, 0.2) is 0 Å². The average molecular weight is 267 g/mol. The van der Waals surface area contributed by atoms with Gasteiger partial charge in [-0.1, -0.05) is 6.92 Å². The minimum Gasteiger partial charge on any atom is -0.481 e. The van der Waals surface area contributed by atoms with Gasteiger partial charge in [0.1, 0.15) is 0 Å². The van der Waals surface area contributed by atoms with Gasteiger partial charge in [0.2, 0.25) is 0 Å². The number of nitrogens with zero attached hydrogens (tertiary/aromatic N) is 1. The molecule has 1 saturated heterocycles. The van der Waals surface area contributed by atoms with E-state index in [1.807, 2.05) is 18.3 Å². The number of thiophene rings is 1. The largest absolute Gasteiger partial charge is 0.481 e. The predicted molar refractivity (Wildman–Crippen MR) is 74.0 cm³/mol. The average Bonchev–Trinajstić information content (AvgIpc) is 2.95. The van der Waals surface area contributed by atoms with Crippen molar-refractivity contribution in [3.8, 4) is 0 Å². The Labute approximate surface area is 112 Å². The van der Waals surface area contributed by atoms with E-state index in [4.69, 9.17) is 0 Å². The minimum absolute atomic E-state index is 0.330. The third-order valence-corrected chi connectivity index (χ3v) is 5.41. The second-order valence-corrected chi connectivity index (χ2v) is 6.62. The van der Waals surface area contributed by atoms with Gasteiger partial charge < -0.3 is 5.11 Å². The van der Waals surface area contributed by atoms with Gasteiger partial charge in [0, 0.05) is 22.3 Å². The van der Waals surface area contributed by atoms with Crippen molar-refractivity contribution < 1.29 is 9.90 Å². The number of hydrogen-bond acceptors (Lipinski definition) is 3. The molecule has 3 nitrogen and oxygen atoms in total. The quantitative estimate of drug-likeness (QED) is 0.911. The summed E-state index contributed by atoms with van der Waals surface area (Å²) in [5, 5.41) is 9.26. The highest BCUT2D eigenvalue weighted by Gasteiger charge is 2.42. The van der Waals surface area contributed by atoms with E-state index in [0.717, 1.165) is 19.4 Å². The maximum absolute atomic E-state index is 11.3. The van der Waals surface area contributed by atoms with Crippen LogP contribution in [0.5, 0.6) is 0 Å². The molecule has 1 aromatic rings. The van der Waals surface area contributed by atoms with Gasteiger partial charge in [0.25, 0.3) is 0 Å². The van der Waals surface area contributed by atoms with Gasteiger partial charge in [0.05, 0.1) is 5.41 Å². The van der Waals surface area contributed by atoms with Crippen LogP contribution in [-0.2, 0) is 11.2 Å². The van der Waals surface area contributed by atoms with E-state index in [9.17, 15) is 9.90 Å². The minimum atomic E-state index is -0.669. The summed E-state index contributed by atoms with van der Waals surface area (Å²) in [6.45, 7) is 7.73. The Morgan fingerprint density at radius 1 is 1.61 bits per heavy atom. The van der Waals surface area contributed by atoms with E-state index in [1.54, 1.807) is 0 Å². The first kappa shape index (κ1) is 13.6. The van der Waals surface area contributed by atoms with Crippen molar-refractivity contribution in [3.63, 3.8) is 0 Å². The summed E-state index contributed by atoms with van der Waals surface area (Å²) >= 11 is 1.85. The molecule has 1 aliphatic heterocycles. The van der Waals surface area contributed by atoms with Gasteiger partial charge >= 0.3 is 5.97 Å². The van der Waals surface area contributed by atoms with E-state index in [2.05, 4.69) is 30.9 Å². The molecular weight excluding hydrogens is 246 g/mol. The van der Waals surface area contributed by atoms with Crippen molar-refractivity contribution in [2.45, 2.75) is 39.7 Å². The predicted octanol–water partition coefficient (Wildman–Crippen LogP) is 3.17. The number of likely N-dealkylation sites (tertiary alicyclic amines) is 1. The van der Waals surface area contributed by atoms with Gasteiger partial charge in [-0.2, -0.15) is 0 Å². The number of carboxylic acid groups (broad SMARTS) is 1. The van der Waals surface area contributed by atoms with Crippen molar-refractivity contribution in [2.75, 3.05) is 13.1 Å². The van der Waals surface area contributed by atoms with Crippen molar-refractivity contribution in [1.29, 1.82) is 0 Å². The molecule has 0 radical (unpaired) electrons. The Bertz CT molecular complexity index is 443. The smallest absolute Gasteiger partial charge is 0.310 e. The van der Waals surface area contributed by atoms with Crippen molar-refractivity contribution in [2.24, 2.45) is 5.41 Å². The van der Waals surface area contributed by atoms with E-state index in [0.29, 0.717) is 12.6 Å². The van der Waals surface area contributed by atoms with E-state index < -0.39 is 11.4 Å². The number of rotatable bonds is 4. The summed E-state index contributed by atoms with van der Waals surface area (Å²) in [5.74, 6) is -0.669. The summed E-state index contributed by atoms with van der Waals surface area (Å²) < 4.78 is 0. The number of carbonyl (C=O) groups is 1. The molecule has 0 spiro atoms. The molecular formula is C14H21NO2S. The third-order valence-electron chi connectivity index (χ3n) is 4.01. The molecule has 1 fully saturated rings. The van der Waals surface area contributed by atoms with Crippen LogP contribution < -0.4 is 0 Å². The number of carboxylic acids is 1. The Kier molecular flexibility index (Phi) is 3.78. The van der Waals surface area contributed by atoms with Crippen LogP contribution in [-0.4, -0.2) is 29.1 Å². The lowest BCUT2D eigenvalue weighted by atomic mass is 9.90. The van der Waals surface area contributed by atoms with E-state index >= 15 is 0 Å². The zero-order valence-electron chi connectivity index (χ0n) is 11.3. The zero-order chi connectivity index (χ0) is 13.3. The summed E-state index contributed by atoms with van der Waals surface area (Å²) in [5.41, 5.74) is -0.570. The molecule has 2 unspecified atom stereocenters. The number of aliphatic carboxylic acids is 1. The van der Waals surface area contributed by atoms with Crippen LogP contribution in [0.3, 0.4) is 0 Å². The standard InChI is InChI=1S/C14H21NO2S/c1-4-11-5-6-12(18-11)10(2)15-8-7-14(3,9-15)13(16)17/h5-6,10H,4,7-9H2,1-3H3,(H,16,17). The molecule has 0 bridgehead atoms. The van der Waals surface area contributed by atoms with Crippen LogP contribution in [0.1, 0.15) is 43.0 Å². The molecule has 0 aromatic carbocycles. The fourth-order valence-corrected chi connectivity index (χ4v) is 3.53. The van der Waals surface area contributed by atoms with Crippen LogP contribution in [0.15, 0.2) is 12.1 Å². The van der Waals surface area contributed by atoms with Crippen LogP contribution in [0, 0.1) is 5.41 Å². The molecule has 1 aliphatic rings. The second kappa shape index (κ2) is 5.02. The highest BCUT2D eigenvalue weighted by Crippen LogP contribution is 2.37. The molecule has 0 amide bonds. The first-order valence-corrected chi connectivity index (χ1v) is 7.34. The van der Waals surface area contributed by atoms with E-state index in [1.165, 1.54) is 9.75 Å². The normalized spacial score (nSPS) is 26.4. The molecule has 1 aromatic heterocycles. The molecule has 1 N–H and O–H groups in total. The Morgan fingerprint density at radius 3 is 2.83 bits per heavy atom. The second-order valence-electron chi connectivity index (χ2n) is 5.42. The summed E-state index contributed by atoms with van der Waals surface area (Å²) in [6, 6.07) is 4.70. The molecule has 18 heavy (non-hydrogen) atoms.